The lowest BCUT2D eigenvalue weighted by Gasteiger charge is -1.99. The third-order valence-corrected chi connectivity index (χ3v) is 2.62. The minimum absolute atomic E-state index is 0.105. The summed E-state index contributed by atoms with van der Waals surface area (Å²) in [6, 6.07) is 3.84. The Labute approximate surface area is 77.7 Å². The summed E-state index contributed by atoms with van der Waals surface area (Å²) in [6.45, 7) is 0. The van der Waals surface area contributed by atoms with Gasteiger partial charge in [0.1, 0.15) is 4.90 Å². The maximum atomic E-state index is 12.4. The first-order chi connectivity index (χ1) is 5.41. The van der Waals surface area contributed by atoms with Crippen molar-refractivity contribution in [2.75, 3.05) is 5.73 Å². The Kier molecular flexibility index (Phi) is 2.39. The molecule has 0 aliphatic heterocycles. The molecule has 1 rings (SSSR count). The van der Waals surface area contributed by atoms with E-state index in [1.54, 1.807) is 0 Å². The van der Waals surface area contributed by atoms with E-state index in [4.69, 9.17) is 5.73 Å². The number of rotatable bonds is 1. The second-order valence-electron chi connectivity index (χ2n) is 2.12. The molecule has 0 atom stereocenters. The van der Waals surface area contributed by atoms with Crippen LogP contribution in [0.3, 0.4) is 0 Å². The number of anilines is 1. The lowest BCUT2D eigenvalue weighted by atomic mass is 10.3. The van der Waals surface area contributed by atoms with Crippen molar-refractivity contribution in [3.63, 3.8) is 0 Å². The molecule has 0 radical (unpaired) electrons. The van der Waals surface area contributed by atoms with Gasteiger partial charge in [-0.05, 0) is 18.2 Å². The second kappa shape index (κ2) is 3.02. The molecule has 0 heterocycles. The Balaban J connectivity index is 3.39. The summed E-state index contributed by atoms with van der Waals surface area (Å²) in [5, 5.41) is 0. The van der Waals surface area contributed by atoms with Gasteiger partial charge in [-0.1, -0.05) is 15.9 Å². The van der Waals surface area contributed by atoms with Crippen molar-refractivity contribution in [2.45, 2.75) is 4.90 Å². The minimum atomic E-state index is -4.70. The van der Waals surface area contributed by atoms with Gasteiger partial charge in [0.2, 0.25) is 0 Å². The highest BCUT2D eigenvalue weighted by Gasteiger charge is 2.15. The third-order valence-electron chi connectivity index (χ3n) is 1.23. The summed E-state index contributed by atoms with van der Waals surface area (Å²) in [6.07, 6.45) is 0. The standard InChI is InChI=1S/C6H5BrFNO2S/c7-4-1-2-6(5(9)3-4)12(8,10)11/h1-3H,9H2. The van der Waals surface area contributed by atoms with Crippen LogP contribution in [0.5, 0.6) is 0 Å². The SMILES string of the molecule is Nc1cc(Br)ccc1S(=O)(=O)F. The molecule has 0 aliphatic carbocycles. The smallest absolute Gasteiger partial charge is 0.334 e. The zero-order valence-electron chi connectivity index (χ0n) is 5.79. The van der Waals surface area contributed by atoms with E-state index in [2.05, 4.69) is 15.9 Å². The number of nitrogen functional groups attached to an aromatic ring is 1. The van der Waals surface area contributed by atoms with Gasteiger partial charge in [0.15, 0.2) is 0 Å². The molecule has 1 aromatic rings. The molecule has 0 bridgehead atoms. The maximum absolute atomic E-state index is 12.4. The molecule has 6 heteroatoms. The summed E-state index contributed by atoms with van der Waals surface area (Å²) < 4.78 is 33.8. The van der Waals surface area contributed by atoms with E-state index in [1.165, 1.54) is 12.1 Å². The summed E-state index contributed by atoms with van der Waals surface area (Å²) in [5.74, 6) is 0. The van der Waals surface area contributed by atoms with Crippen LogP contribution in [-0.4, -0.2) is 8.42 Å². The van der Waals surface area contributed by atoms with Crippen molar-refractivity contribution in [1.82, 2.24) is 0 Å². The molecule has 66 valence electrons. The number of hydrogen-bond donors (Lipinski definition) is 1. The third kappa shape index (κ3) is 1.95. The van der Waals surface area contributed by atoms with Crippen molar-refractivity contribution in [3.05, 3.63) is 22.7 Å². The van der Waals surface area contributed by atoms with Crippen molar-refractivity contribution >= 4 is 31.8 Å². The fourth-order valence-corrected chi connectivity index (χ4v) is 1.69. The second-order valence-corrected chi connectivity index (χ2v) is 4.35. The van der Waals surface area contributed by atoms with E-state index in [-0.39, 0.29) is 5.69 Å². The molecule has 0 saturated heterocycles. The van der Waals surface area contributed by atoms with Crippen molar-refractivity contribution < 1.29 is 12.3 Å². The zero-order chi connectivity index (χ0) is 9.35. The largest absolute Gasteiger partial charge is 0.398 e. The van der Waals surface area contributed by atoms with Crippen LogP contribution in [0, 0.1) is 0 Å². The molecule has 2 N–H and O–H groups in total. The monoisotopic (exact) mass is 253 g/mol. The van der Waals surface area contributed by atoms with Crippen molar-refractivity contribution in [2.24, 2.45) is 0 Å². The first-order valence-electron chi connectivity index (χ1n) is 2.91. The van der Waals surface area contributed by atoms with E-state index in [0.717, 1.165) is 6.07 Å². The Morgan fingerprint density at radius 2 is 2.00 bits per heavy atom. The van der Waals surface area contributed by atoms with Gasteiger partial charge in [-0.25, -0.2) is 0 Å². The molecule has 3 nitrogen and oxygen atoms in total. The first-order valence-corrected chi connectivity index (χ1v) is 5.08. The summed E-state index contributed by atoms with van der Waals surface area (Å²) in [5.41, 5.74) is 5.15. The van der Waals surface area contributed by atoms with E-state index in [1.807, 2.05) is 0 Å². The van der Waals surface area contributed by atoms with Gasteiger partial charge in [0.25, 0.3) is 0 Å². The predicted molar refractivity (Wildman–Crippen MR) is 46.8 cm³/mol. The molecule has 0 aromatic heterocycles. The van der Waals surface area contributed by atoms with Crippen LogP contribution in [0.25, 0.3) is 0 Å². The average Bonchev–Trinajstić information content (AvgIpc) is 1.83. The van der Waals surface area contributed by atoms with E-state index in [9.17, 15) is 12.3 Å². The fraction of sp³-hybridized carbons (Fsp3) is 0. The number of nitrogens with two attached hydrogens (primary N) is 1. The summed E-state index contributed by atoms with van der Waals surface area (Å²) in [7, 11) is -4.70. The molecule has 1 aromatic carbocycles. The highest BCUT2D eigenvalue weighted by molar-refractivity contribution is 9.10. The molecule has 0 aliphatic rings. The van der Waals surface area contributed by atoms with Crippen molar-refractivity contribution in [3.8, 4) is 0 Å². The van der Waals surface area contributed by atoms with Crippen LogP contribution >= 0.6 is 15.9 Å². The Morgan fingerprint density at radius 3 is 2.42 bits per heavy atom. The van der Waals surface area contributed by atoms with E-state index >= 15 is 0 Å². The molecule has 0 saturated carbocycles. The molecule has 0 unspecified atom stereocenters. The van der Waals surface area contributed by atoms with Crippen LogP contribution in [-0.2, 0) is 10.2 Å². The Hall–Kier alpha value is -0.620. The first kappa shape index (κ1) is 9.47. The molecular weight excluding hydrogens is 249 g/mol. The molecule has 0 fully saturated rings. The highest BCUT2D eigenvalue weighted by atomic mass is 79.9. The lowest BCUT2D eigenvalue weighted by Crippen LogP contribution is -1.98. The van der Waals surface area contributed by atoms with Crippen molar-refractivity contribution in [1.29, 1.82) is 0 Å². The van der Waals surface area contributed by atoms with Crippen LogP contribution in [0.15, 0.2) is 27.6 Å². The summed E-state index contributed by atoms with van der Waals surface area (Å²) in [4.78, 5) is -0.495. The summed E-state index contributed by atoms with van der Waals surface area (Å²) >= 11 is 3.07. The predicted octanol–water partition coefficient (Wildman–Crippen LogP) is 1.69. The van der Waals surface area contributed by atoms with Crippen LogP contribution in [0.4, 0.5) is 9.57 Å². The number of hydrogen-bond acceptors (Lipinski definition) is 3. The maximum Gasteiger partial charge on any atom is 0.334 e. The number of benzene rings is 1. The Morgan fingerprint density at radius 1 is 1.42 bits per heavy atom. The van der Waals surface area contributed by atoms with Crippen LogP contribution in [0.1, 0.15) is 0 Å². The normalized spacial score (nSPS) is 11.5. The number of halogens is 2. The van der Waals surface area contributed by atoms with Gasteiger partial charge in [-0.2, -0.15) is 8.42 Å². The zero-order valence-corrected chi connectivity index (χ0v) is 8.19. The van der Waals surface area contributed by atoms with E-state index < -0.39 is 15.1 Å². The quantitative estimate of drug-likeness (QED) is 0.612. The molecular formula is C6H5BrFNO2S. The topological polar surface area (TPSA) is 60.2 Å². The fourth-order valence-electron chi connectivity index (χ4n) is 0.741. The van der Waals surface area contributed by atoms with Crippen LogP contribution in [0.2, 0.25) is 0 Å². The molecule has 12 heavy (non-hydrogen) atoms. The highest BCUT2D eigenvalue weighted by Crippen LogP contribution is 2.23. The van der Waals surface area contributed by atoms with Gasteiger partial charge in [0.05, 0.1) is 5.69 Å². The van der Waals surface area contributed by atoms with E-state index in [0.29, 0.717) is 4.47 Å². The van der Waals surface area contributed by atoms with Gasteiger partial charge < -0.3 is 5.73 Å². The average molecular weight is 254 g/mol. The van der Waals surface area contributed by atoms with Crippen LogP contribution < -0.4 is 5.73 Å². The minimum Gasteiger partial charge on any atom is -0.398 e. The lowest BCUT2D eigenvalue weighted by molar-refractivity contribution is 0.552. The molecule has 0 spiro atoms. The van der Waals surface area contributed by atoms with Gasteiger partial charge in [-0.3, -0.25) is 0 Å². The Bertz CT molecular complexity index is 404. The van der Waals surface area contributed by atoms with Gasteiger partial charge in [0, 0.05) is 4.47 Å². The van der Waals surface area contributed by atoms with Gasteiger partial charge in [-0.15, -0.1) is 3.89 Å². The van der Waals surface area contributed by atoms with Gasteiger partial charge >= 0.3 is 10.2 Å². The molecule has 0 amide bonds.